The Morgan fingerprint density at radius 1 is 1.13 bits per heavy atom. The number of hydrogen-bond donors (Lipinski definition) is 3. The van der Waals surface area contributed by atoms with Crippen molar-refractivity contribution in [2.24, 2.45) is 11.5 Å². The second-order valence-corrected chi connectivity index (χ2v) is 8.28. The van der Waals surface area contributed by atoms with E-state index >= 15 is 0 Å². The van der Waals surface area contributed by atoms with Gasteiger partial charge in [0.25, 0.3) is 0 Å². The zero-order valence-electron chi connectivity index (χ0n) is 17.1. The number of nitrogens with two attached hydrogens (primary N) is 2. The summed E-state index contributed by atoms with van der Waals surface area (Å²) < 4.78 is 1.85. The molecule has 30 heavy (non-hydrogen) atoms. The van der Waals surface area contributed by atoms with E-state index in [1.54, 1.807) is 0 Å². The summed E-state index contributed by atoms with van der Waals surface area (Å²) in [4.78, 5) is 5.00. The first-order chi connectivity index (χ1) is 14.7. The molecule has 154 valence electrons. The van der Waals surface area contributed by atoms with E-state index in [0.29, 0.717) is 13.1 Å². The van der Waals surface area contributed by atoms with E-state index in [-0.39, 0.29) is 5.54 Å². The van der Waals surface area contributed by atoms with E-state index < -0.39 is 0 Å². The normalized spacial score (nSPS) is 17.6. The zero-order valence-corrected chi connectivity index (χ0v) is 17.1. The molecule has 0 unspecified atom stereocenters. The highest BCUT2D eigenvalue weighted by molar-refractivity contribution is 5.84. The van der Waals surface area contributed by atoms with Crippen molar-refractivity contribution >= 4 is 17.0 Å². The average Bonchev–Trinajstić information content (AvgIpc) is 3.18. The van der Waals surface area contributed by atoms with Crippen LogP contribution in [0.1, 0.15) is 43.2 Å². The highest BCUT2D eigenvalue weighted by atomic mass is 15.3. The topological polar surface area (TPSA) is 94.3 Å². The van der Waals surface area contributed by atoms with Gasteiger partial charge in [-0.1, -0.05) is 42.5 Å². The van der Waals surface area contributed by atoms with Crippen LogP contribution in [0.15, 0.2) is 54.8 Å². The maximum atomic E-state index is 6.52. The quantitative estimate of drug-likeness (QED) is 0.584. The van der Waals surface area contributed by atoms with Crippen molar-refractivity contribution in [2.75, 3.05) is 18.4 Å². The van der Waals surface area contributed by atoms with Crippen LogP contribution >= 0.6 is 0 Å². The van der Waals surface area contributed by atoms with Crippen LogP contribution < -0.4 is 16.8 Å². The Bertz CT molecular complexity index is 1120. The van der Waals surface area contributed by atoms with Crippen LogP contribution in [0.2, 0.25) is 0 Å². The van der Waals surface area contributed by atoms with Crippen LogP contribution in [0.4, 0.5) is 5.82 Å². The first-order valence-corrected chi connectivity index (χ1v) is 10.8. The van der Waals surface area contributed by atoms with E-state index in [4.69, 9.17) is 16.5 Å². The molecule has 0 aliphatic heterocycles. The molecule has 0 atom stereocenters. The van der Waals surface area contributed by atoms with Crippen LogP contribution in [-0.2, 0) is 5.54 Å². The molecule has 1 fully saturated rings. The zero-order chi connectivity index (χ0) is 20.6. The first kappa shape index (κ1) is 19.0. The maximum Gasteiger partial charge on any atom is 0.157 e. The number of anilines is 1. The van der Waals surface area contributed by atoms with Gasteiger partial charge in [0.1, 0.15) is 0 Å². The monoisotopic (exact) mass is 400 g/mol. The summed E-state index contributed by atoms with van der Waals surface area (Å²) in [5.74, 6) is 0.787. The number of rotatable bonds is 6. The molecule has 2 heterocycles. The number of fused-ring (bicyclic) bond motifs is 1. The predicted octanol–water partition coefficient (Wildman–Crippen LogP) is 3.84. The molecule has 2 aliphatic carbocycles. The van der Waals surface area contributed by atoms with Crippen molar-refractivity contribution in [1.82, 2.24) is 14.6 Å². The lowest BCUT2D eigenvalue weighted by molar-refractivity contribution is 0.253. The number of nitrogens with zero attached hydrogens (tertiary/aromatic N) is 3. The molecule has 2 aliphatic rings. The number of aromatic nitrogens is 3. The molecule has 6 heteroatoms. The van der Waals surface area contributed by atoms with Crippen LogP contribution in [0, 0.1) is 0 Å². The van der Waals surface area contributed by atoms with Gasteiger partial charge in [-0.2, -0.15) is 0 Å². The SMILES string of the molecule is NCCNc1cc2nc(-c3ccc(C4(N)CCC4)cc3)c(C3=CCCC=C3)cn2n1. The molecular weight excluding hydrogens is 372 g/mol. The van der Waals surface area contributed by atoms with Gasteiger partial charge in [-0.3, -0.25) is 0 Å². The third-order valence-corrected chi connectivity index (χ3v) is 6.18. The largest absolute Gasteiger partial charge is 0.367 e. The lowest BCUT2D eigenvalue weighted by atomic mass is 9.72. The second-order valence-electron chi connectivity index (χ2n) is 8.28. The summed E-state index contributed by atoms with van der Waals surface area (Å²) in [6.07, 6.45) is 14.2. The summed E-state index contributed by atoms with van der Waals surface area (Å²) in [7, 11) is 0. The third-order valence-electron chi connectivity index (χ3n) is 6.18. The summed E-state index contributed by atoms with van der Waals surface area (Å²) in [6.45, 7) is 1.24. The minimum Gasteiger partial charge on any atom is -0.367 e. The van der Waals surface area contributed by atoms with Gasteiger partial charge in [0.15, 0.2) is 11.5 Å². The van der Waals surface area contributed by atoms with E-state index in [1.807, 2.05) is 10.6 Å². The molecule has 1 saturated carbocycles. The van der Waals surface area contributed by atoms with Crippen LogP contribution in [-0.4, -0.2) is 27.7 Å². The molecule has 0 radical (unpaired) electrons. The minimum atomic E-state index is -0.150. The highest BCUT2D eigenvalue weighted by Crippen LogP contribution is 2.39. The number of allylic oxidation sites excluding steroid dienone is 4. The van der Waals surface area contributed by atoms with Crippen molar-refractivity contribution in [2.45, 2.75) is 37.6 Å². The Morgan fingerprint density at radius 3 is 2.63 bits per heavy atom. The van der Waals surface area contributed by atoms with Gasteiger partial charge in [-0.15, -0.1) is 5.10 Å². The van der Waals surface area contributed by atoms with Gasteiger partial charge in [-0.05, 0) is 43.2 Å². The Labute approximate surface area is 176 Å². The smallest absolute Gasteiger partial charge is 0.157 e. The van der Waals surface area contributed by atoms with Gasteiger partial charge >= 0.3 is 0 Å². The molecule has 0 amide bonds. The molecule has 0 spiro atoms. The highest BCUT2D eigenvalue weighted by Gasteiger charge is 2.34. The van der Waals surface area contributed by atoms with Gasteiger partial charge in [-0.25, -0.2) is 9.50 Å². The van der Waals surface area contributed by atoms with Crippen LogP contribution in [0.25, 0.3) is 22.5 Å². The molecule has 3 aromatic rings. The van der Waals surface area contributed by atoms with E-state index in [2.05, 4.69) is 59.1 Å². The van der Waals surface area contributed by atoms with Crippen LogP contribution in [0.5, 0.6) is 0 Å². The molecule has 5 rings (SSSR count). The minimum absolute atomic E-state index is 0.150. The number of nitrogens with one attached hydrogen (secondary N) is 1. The fourth-order valence-corrected chi connectivity index (χ4v) is 4.26. The number of hydrogen-bond acceptors (Lipinski definition) is 5. The Kier molecular flexibility index (Phi) is 4.89. The summed E-state index contributed by atoms with van der Waals surface area (Å²) in [5, 5.41) is 7.86. The van der Waals surface area contributed by atoms with E-state index in [0.717, 1.165) is 54.0 Å². The molecular formula is C24H28N6. The molecule has 1 aromatic carbocycles. The lowest BCUT2D eigenvalue weighted by Crippen LogP contribution is -2.43. The molecule has 0 saturated heterocycles. The maximum absolute atomic E-state index is 6.52. The van der Waals surface area contributed by atoms with Crippen molar-refractivity contribution in [1.29, 1.82) is 0 Å². The van der Waals surface area contributed by atoms with Crippen molar-refractivity contribution in [3.05, 3.63) is 65.9 Å². The van der Waals surface area contributed by atoms with Gasteiger partial charge in [0.2, 0.25) is 0 Å². The molecule has 6 nitrogen and oxygen atoms in total. The second kappa shape index (κ2) is 7.70. The Balaban J connectivity index is 1.59. The van der Waals surface area contributed by atoms with Crippen molar-refractivity contribution in [3.63, 3.8) is 0 Å². The summed E-state index contributed by atoms with van der Waals surface area (Å²) >= 11 is 0. The average molecular weight is 401 g/mol. The Hall–Kier alpha value is -2.96. The van der Waals surface area contributed by atoms with Gasteiger partial charge < -0.3 is 16.8 Å². The molecule has 2 aromatic heterocycles. The predicted molar refractivity (Wildman–Crippen MR) is 122 cm³/mol. The van der Waals surface area contributed by atoms with E-state index in [9.17, 15) is 0 Å². The molecule has 0 bridgehead atoms. The van der Waals surface area contributed by atoms with Crippen LogP contribution in [0.3, 0.4) is 0 Å². The fourth-order valence-electron chi connectivity index (χ4n) is 4.26. The van der Waals surface area contributed by atoms with Gasteiger partial charge in [0.05, 0.1) is 5.69 Å². The standard InChI is InChI=1S/C24H28N6/c25-13-14-27-21-15-22-28-23(18-7-9-19(10-8-18)24(26)11-4-12-24)20(16-30(22)29-21)17-5-2-1-3-6-17/h2,5-10,15-16H,1,3-4,11-14,25-26H2,(H,27,29). The molecule has 5 N–H and O–H groups in total. The summed E-state index contributed by atoms with van der Waals surface area (Å²) in [5.41, 5.74) is 18.3. The Morgan fingerprint density at radius 2 is 1.97 bits per heavy atom. The lowest BCUT2D eigenvalue weighted by Gasteiger charge is -2.38. The van der Waals surface area contributed by atoms with Gasteiger partial charge in [0, 0.05) is 42.0 Å². The summed E-state index contributed by atoms with van der Waals surface area (Å²) in [6, 6.07) is 10.6. The number of benzene rings is 1. The van der Waals surface area contributed by atoms with E-state index in [1.165, 1.54) is 17.6 Å². The van der Waals surface area contributed by atoms with Crippen molar-refractivity contribution < 1.29 is 0 Å². The fraction of sp³-hybridized carbons (Fsp3) is 0.333. The third kappa shape index (κ3) is 3.42. The first-order valence-electron chi connectivity index (χ1n) is 10.8. The van der Waals surface area contributed by atoms with Crippen molar-refractivity contribution in [3.8, 4) is 11.3 Å².